The molecule has 5 nitrogen and oxygen atoms in total. The molecule has 3 aromatic rings. The highest BCUT2D eigenvalue weighted by molar-refractivity contribution is 5.79. The van der Waals surface area contributed by atoms with E-state index in [1.54, 1.807) is 0 Å². The van der Waals surface area contributed by atoms with E-state index in [1.807, 2.05) is 37.3 Å². The van der Waals surface area contributed by atoms with Crippen molar-refractivity contribution in [2.24, 2.45) is 0 Å². The van der Waals surface area contributed by atoms with Crippen LogP contribution in [-0.4, -0.2) is 15.5 Å². The maximum atomic E-state index is 12.6. The van der Waals surface area contributed by atoms with Crippen molar-refractivity contribution in [3.8, 4) is 0 Å². The summed E-state index contributed by atoms with van der Waals surface area (Å²) in [5, 5.41) is 3.63. The number of carbonyl (C=O) groups is 1. The smallest absolute Gasteiger partial charge is 0.261 e. The molecule has 0 spiro atoms. The summed E-state index contributed by atoms with van der Waals surface area (Å²) in [4.78, 5) is 29.5. The van der Waals surface area contributed by atoms with Gasteiger partial charge in [0.25, 0.3) is 5.56 Å². The first kappa shape index (κ1) is 16.5. The minimum atomic E-state index is -0.183. The quantitative estimate of drug-likeness (QED) is 0.792. The van der Waals surface area contributed by atoms with E-state index in [0.29, 0.717) is 10.9 Å². The Hall–Kier alpha value is -2.95. The normalized spacial score (nSPS) is 16.3. The minimum absolute atomic E-state index is 0.0128. The molecule has 26 heavy (non-hydrogen) atoms. The molecular formula is C21H21N3O2. The molecular weight excluding hydrogens is 326 g/mol. The number of amides is 1. The lowest BCUT2D eigenvalue weighted by Gasteiger charge is -2.26. The molecule has 0 saturated carbocycles. The Balaban J connectivity index is 1.55. The predicted octanol–water partition coefficient (Wildman–Crippen LogP) is 2.90. The number of fused-ring (bicyclic) bond motifs is 2. The lowest BCUT2D eigenvalue weighted by molar-refractivity contribution is -0.122. The third kappa shape index (κ3) is 3.12. The summed E-state index contributed by atoms with van der Waals surface area (Å²) in [6.45, 7) is 1.91. The van der Waals surface area contributed by atoms with Gasteiger partial charge in [-0.3, -0.25) is 14.2 Å². The fourth-order valence-electron chi connectivity index (χ4n) is 3.68. The van der Waals surface area contributed by atoms with Crippen molar-refractivity contribution in [2.45, 2.75) is 38.8 Å². The van der Waals surface area contributed by atoms with Gasteiger partial charge in [-0.2, -0.15) is 0 Å². The van der Waals surface area contributed by atoms with Gasteiger partial charge in [0.05, 0.1) is 23.3 Å². The van der Waals surface area contributed by atoms with Crippen molar-refractivity contribution in [1.29, 1.82) is 0 Å². The van der Waals surface area contributed by atoms with Crippen LogP contribution in [0.3, 0.4) is 0 Å². The van der Waals surface area contributed by atoms with Crippen LogP contribution in [0, 0.1) is 6.92 Å². The zero-order valence-corrected chi connectivity index (χ0v) is 14.7. The molecule has 5 heteroatoms. The van der Waals surface area contributed by atoms with E-state index < -0.39 is 0 Å². The molecule has 1 N–H and O–H groups in total. The van der Waals surface area contributed by atoms with Crippen LogP contribution < -0.4 is 10.9 Å². The van der Waals surface area contributed by atoms with Gasteiger partial charge < -0.3 is 5.32 Å². The maximum absolute atomic E-state index is 12.6. The number of nitrogens with one attached hydrogen (secondary N) is 1. The topological polar surface area (TPSA) is 64.0 Å². The van der Waals surface area contributed by atoms with Crippen molar-refractivity contribution < 1.29 is 4.79 Å². The van der Waals surface area contributed by atoms with Gasteiger partial charge in [0.15, 0.2) is 0 Å². The number of nitrogens with zero attached hydrogens (tertiary/aromatic N) is 2. The van der Waals surface area contributed by atoms with Crippen LogP contribution in [0.4, 0.5) is 0 Å². The molecule has 1 heterocycles. The maximum Gasteiger partial charge on any atom is 0.261 e. The summed E-state index contributed by atoms with van der Waals surface area (Å²) >= 11 is 0. The first-order valence-corrected chi connectivity index (χ1v) is 8.95. The van der Waals surface area contributed by atoms with Gasteiger partial charge in [0.2, 0.25) is 5.91 Å². The summed E-state index contributed by atoms with van der Waals surface area (Å²) in [6, 6.07) is 13.8. The van der Waals surface area contributed by atoms with Crippen LogP contribution in [0.25, 0.3) is 10.9 Å². The first-order chi connectivity index (χ1) is 12.6. The molecule has 0 fully saturated rings. The lowest BCUT2D eigenvalue weighted by atomic mass is 9.88. The second kappa shape index (κ2) is 6.75. The van der Waals surface area contributed by atoms with E-state index in [2.05, 4.69) is 22.4 Å². The number of hydrogen-bond acceptors (Lipinski definition) is 3. The highest BCUT2D eigenvalue weighted by Crippen LogP contribution is 2.29. The third-order valence-corrected chi connectivity index (χ3v) is 5.00. The van der Waals surface area contributed by atoms with E-state index in [1.165, 1.54) is 22.0 Å². The fourth-order valence-corrected chi connectivity index (χ4v) is 3.68. The minimum Gasteiger partial charge on any atom is -0.348 e. The zero-order valence-electron chi connectivity index (χ0n) is 14.7. The van der Waals surface area contributed by atoms with Crippen molar-refractivity contribution in [3.05, 3.63) is 75.8 Å². The second-order valence-electron chi connectivity index (χ2n) is 6.91. The van der Waals surface area contributed by atoms with Gasteiger partial charge in [0.1, 0.15) is 6.54 Å². The van der Waals surface area contributed by atoms with E-state index in [4.69, 9.17) is 0 Å². The molecule has 132 valence electrons. The summed E-state index contributed by atoms with van der Waals surface area (Å²) in [5.74, 6) is -0.164. The average molecular weight is 347 g/mol. The highest BCUT2D eigenvalue weighted by Gasteiger charge is 2.21. The second-order valence-corrected chi connectivity index (χ2v) is 6.91. The summed E-state index contributed by atoms with van der Waals surface area (Å²) in [5.41, 5.74) is 3.95. The largest absolute Gasteiger partial charge is 0.348 e. The van der Waals surface area contributed by atoms with Gasteiger partial charge in [-0.1, -0.05) is 35.9 Å². The monoisotopic (exact) mass is 347 g/mol. The predicted molar refractivity (Wildman–Crippen MR) is 101 cm³/mol. The summed E-state index contributed by atoms with van der Waals surface area (Å²) < 4.78 is 1.38. The van der Waals surface area contributed by atoms with E-state index >= 15 is 0 Å². The van der Waals surface area contributed by atoms with E-state index in [0.717, 1.165) is 24.8 Å². The molecule has 1 atom stereocenters. The van der Waals surface area contributed by atoms with E-state index in [-0.39, 0.29) is 24.1 Å². The fraction of sp³-hybridized carbons (Fsp3) is 0.286. The van der Waals surface area contributed by atoms with Gasteiger partial charge in [-0.15, -0.1) is 0 Å². The van der Waals surface area contributed by atoms with Gasteiger partial charge >= 0.3 is 0 Å². The number of aromatic nitrogens is 2. The first-order valence-electron chi connectivity index (χ1n) is 8.95. The molecule has 0 saturated heterocycles. The molecule has 0 unspecified atom stereocenters. The Labute approximate surface area is 151 Å². The Kier molecular flexibility index (Phi) is 4.29. The lowest BCUT2D eigenvalue weighted by Crippen LogP contribution is -2.36. The number of carbonyl (C=O) groups excluding carboxylic acids is 1. The van der Waals surface area contributed by atoms with Gasteiger partial charge in [0, 0.05) is 0 Å². The van der Waals surface area contributed by atoms with Gasteiger partial charge in [-0.05, 0) is 49.4 Å². The van der Waals surface area contributed by atoms with Crippen LogP contribution in [0.2, 0.25) is 0 Å². The Morgan fingerprint density at radius 1 is 1.27 bits per heavy atom. The molecule has 1 aliphatic carbocycles. The molecule has 0 bridgehead atoms. The zero-order chi connectivity index (χ0) is 18.1. The SMILES string of the molecule is Cc1ccc2ncn(CC(=O)N[C@H]3CCCc4ccccc43)c(=O)c2c1. The molecule has 0 aliphatic heterocycles. The Morgan fingerprint density at radius 3 is 3.00 bits per heavy atom. The van der Waals surface area contributed by atoms with Crippen LogP contribution in [0.1, 0.15) is 35.6 Å². The van der Waals surface area contributed by atoms with Crippen LogP contribution in [-0.2, 0) is 17.8 Å². The molecule has 0 radical (unpaired) electrons. The summed E-state index contributed by atoms with van der Waals surface area (Å²) in [6.07, 6.45) is 4.48. The summed E-state index contributed by atoms with van der Waals surface area (Å²) in [7, 11) is 0. The Bertz CT molecular complexity index is 1040. The van der Waals surface area contributed by atoms with Gasteiger partial charge in [-0.25, -0.2) is 4.98 Å². The van der Waals surface area contributed by atoms with Crippen molar-refractivity contribution in [1.82, 2.24) is 14.9 Å². The standard InChI is InChI=1S/C21H21N3O2/c1-14-9-10-18-17(11-14)21(26)24(13-22-18)12-20(25)23-19-8-4-6-15-5-2-3-7-16(15)19/h2-3,5,7,9-11,13,19H,4,6,8,12H2,1H3,(H,23,25)/t19-/m0/s1. The molecule has 4 rings (SSSR count). The molecule has 1 amide bonds. The average Bonchev–Trinajstić information content (AvgIpc) is 2.65. The van der Waals surface area contributed by atoms with Crippen LogP contribution in [0.15, 0.2) is 53.6 Å². The van der Waals surface area contributed by atoms with Crippen molar-refractivity contribution >= 4 is 16.8 Å². The van der Waals surface area contributed by atoms with Crippen molar-refractivity contribution in [3.63, 3.8) is 0 Å². The van der Waals surface area contributed by atoms with Crippen LogP contribution in [0.5, 0.6) is 0 Å². The van der Waals surface area contributed by atoms with E-state index in [9.17, 15) is 9.59 Å². The number of benzene rings is 2. The molecule has 2 aromatic carbocycles. The molecule has 1 aliphatic rings. The Morgan fingerprint density at radius 2 is 2.12 bits per heavy atom. The highest BCUT2D eigenvalue weighted by atomic mass is 16.2. The van der Waals surface area contributed by atoms with Crippen molar-refractivity contribution in [2.75, 3.05) is 0 Å². The number of rotatable bonds is 3. The number of aryl methyl sites for hydroxylation is 2. The third-order valence-electron chi connectivity index (χ3n) is 5.00. The van der Waals surface area contributed by atoms with Crippen LogP contribution >= 0.6 is 0 Å². The molecule has 1 aromatic heterocycles. The number of hydrogen-bond donors (Lipinski definition) is 1.